The molecule has 0 spiro atoms. The number of rotatable bonds is 3. The number of hydrogen-bond acceptors (Lipinski definition) is 3. The molecule has 2 aliphatic rings. The van der Waals surface area contributed by atoms with Gasteiger partial charge in [0.2, 0.25) is 0 Å². The normalized spacial score (nSPS) is 17.7. The van der Waals surface area contributed by atoms with Crippen LogP contribution in [0.25, 0.3) is 5.57 Å². The summed E-state index contributed by atoms with van der Waals surface area (Å²) in [5, 5.41) is 1.25. The number of fused-ring (bicyclic) bond motifs is 2. The van der Waals surface area contributed by atoms with Gasteiger partial charge >= 0.3 is 0 Å². The number of amides is 1. The lowest BCUT2D eigenvalue weighted by Crippen LogP contribution is -2.46. The first kappa shape index (κ1) is 15.9. The van der Waals surface area contributed by atoms with Crippen molar-refractivity contribution >= 4 is 34.6 Å². The van der Waals surface area contributed by atoms with Crippen molar-refractivity contribution in [3.05, 3.63) is 68.7 Å². The number of nitrogens with zero attached hydrogens (tertiary/aromatic N) is 1. The molecule has 2 aromatic rings. The van der Waals surface area contributed by atoms with E-state index in [1.54, 1.807) is 36.4 Å². The van der Waals surface area contributed by atoms with E-state index < -0.39 is 11.8 Å². The van der Waals surface area contributed by atoms with E-state index in [9.17, 15) is 14.4 Å². The Balaban J connectivity index is 2.19. The van der Waals surface area contributed by atoms with E-state index in [1.807, 2.05) is 6.92 Å². The van der Waals surface area contributed by atoms with Crippen molar-refractivity contribution in [2.24, 2.45) is 10.9 Å². The summed E-state index contributed by atoms with van der Waals surface area (Å²) >= 11 is 6.30. The van der Waals surface area contributed by atoms with E-state index in [2.05, 4.69) is 4.99 Å². The molecule has 1 atom stereocenters. The van der Waals surface area contributed by atoms with Crippen LogP contribution in [0.2, 0.25) is 5.02 Å². The topological polar surface area (TPSA) is 63.6 Å². The van der Waals surface area contributed by atoms with Gasteiger partial charge in [-0.25, -0.2) is 4.99 Å². The molecule has 1 amide bonds. The van der Waals surface area contributed by atoms with Gasteiger partial charge in [0, 0.05) is 17.2 Å². The average Bonchev–Trinajstić information content (AvgIpc) is 2.60. The molecule has 0 N–H and O–H groups in total. The maximum Gasteiger partial charge on any atom is 0.261 e. The van der Waals surface area contributed by atoms with Crippen LogP contribution in [0.4, 0.5) is 0 Å². The van der Waals surface area contributed by atoms with E-state index >= 15 is 0 Å². The molecule has 1 heterocycles. The first-order chi connectivity index (χ1) is 12.0. The molecule has 25 heavy (non-hydrogen) atoms. The largest absolute Gasteiger partial charge is 0.298 e. The van der Waals surface area contributed by atoms with E-state index in [1.165, 1.54) is 0 Å². The lowest BCUT2D eigenvalue weighted by molar-refractivity contribution is -0.129. The summed E-state index contributed by atoms with van der Waals surface area (Å²) in [6, 6.07) is 10.2. The van der Waals surface area contributed by atoms with Crippen molar-refractivity contribution in [1.29, 1.82) is 0 Å². The van der Waals surface area contributed by atoms with Crippen LogP contribution in [0.5, 0.6) is 0 Å². The van der Waals surface area contributed by atoms with Crippen molar-refractivity contribution in [3.8, 4) is 0 Å². The van der Waals surface area contributed by atoms with Gasteiger partial charge in [0.25, 0.3) is 5.91 Å². The van der Waals surface area contributed by atoms with E-state index in [-0.39, 0.29) is 18.0 Å². The smallest absolute Gasteiger partial charge is 0.261 e. The Morgan fingerprint density at radius 3 is 2.56 bits per heavy atom. The maximum absolute atomic E-state index is 12.9. The third-order valence-corrected chi connectivity index (χ3v) is 4.99. The Kier molecular flexibility index (Phi) is 3.65. The molecule has 0 aromatic heterocycles. The van der Waals surface area contributed by atoms with Crippen LogP contribution in [0.15, 0.2) is 41.4 Å². The number of Topliss-reactive ketones (excluding diaryl/α,β-unsaturated/α-hetero) is 1. The summed E-state index contributed by atoms with van der Waals surface area (Å²) < 4.78 is 0. The Morgan fingerprint density at radius 1 is 1.12 bits per heavy atom. The van der Waals surface area contributed by atoms with E-state index in [0.717, 1.165) is 0 Å². The third-order valence-electron chi connectivity index (χ3n) is 4.68. The maximum atomic E-state index is 12.9. The molecule has 0 saturated carbocycles. The van der Waals surface area contributed by atoms with Crippen molar-refractivity contribution in [2.75, 3.05) is 0 Å². The second kappa shape index (κ2) is 5.74. The monoisotopic (exact) mass is 351 g/mol. The molecule has 1 aliphatic carbocycles. The summed E-state index contributed by atoms with van der Waals surface area (Å²) in [5.74, 6) is -1.82. The van der Waals surface area contributed by atoms with Gasteiger partial charge in [-0.1, -0.05) is 42.8 Å². The Bertz CT molecular complexity index is 1080. The standard InChI is InChI=1S/C20H14ClNO3/c1-2-5-14(23)18-15-10-6-3-4-7-11(10)19(24)16-12(21)8-9-13(17(15)16)22-20(18)25/h3-4,6-9,18H,2,5H2,1H3/t18-/m0/s1. The molecule has 124 valence electrons. The van der Waals surface area contributed by atoms with Crippen molar-refractivity contribution in [3.63, 3.8) is 0 Å². The summed E-state index contributed by atoms with van der Waals surface area (Å²) in [4.78, 5) is 42.3. The van der Waals surface area contributed by atoms with Gasteiger partial charge < -0.3 is 0 Å². The van der Waals surface area contributed by atoms with Crippen LogP contribution >= 0.6 is 11.6 Å². The van der Waals surface area contributed by atoms with Gasteiger partial charge in [-0.15, -0.1) is 0 Å². The number of benzene rings is 2. The summed E-state index contributed by atoms with van der Waals surface area (Å²) in [7, 11) is 0. The fraction of sp³-hybridized carbons (Fsp3) is 0.200. The molecule has 0 bridgehead atoms. The molecule has 0 fully saturated rings. The minimum absolute atomic E-state index is 0.174. The summed E-state index contributed by atoms with van der Waals surface area (Å²) in [5.41, 5.74) is 1.99. The van der Waals surface area contributed by atoms with Crippen molar-refractivity contribution < 1.29 is 14.4 Å². The van der Waals surface area contributed by atoms with E-state index in [0.29, 0.717) is 44.3 Å². The molecule has 2 aromatic carbocycles. The number of carbonyl (C=O) groups excluding carboxylic acids is 3. The predicted molar refractivity (Wildman–Crippen MR) is 93.0 cm³/mol. The molecule has 4 rings (SSSR count). The van der Waals surface area contributed by atoms with Crippen LogP contribution in [0.3, 0.4) is 0 Å². The first-order valence-electron chi connectivity index (χ1n) is 8.16. The molecule has 0 radical (unpaired) electrons. The summed E-state index contributed by atoms with van der Waals surface area (Å²) in [6.45, 7) is 1.89. The summed E-state index contributed by atoms with van der Waals surface area (Å²) in [6.07, 6.45) is 0.933. The molecule has 5 heteroatoms. The van der Waals surface area contributed by atoms with Gasteiger partial charge in [0.05, 0.1) is 15.9 Å². The zero-order valence-electron chi connectivity index (χ0n) is 13.5. The van der Waals surface area contributed by atoms with Crippen molar-refractivity contribution in [1.82, 2.24) is 0 Å². The van der Waals surface area contributed by atoms with Crippen LogP contribution < -0.4 is 10.6 Å². The van der Waals surface area contributed by atoms with Gasteiger partial charge in [-0.2, -0.15) is 0 Å². The first-order valence-corrected chi connectivity index (χ1v) is 8.54. The second-order valence-electron chi connectivity index (χ2n) is 6.20. The fourth-order valence-corrected chi connectivity index (χ4v) is 3.88. The van der Waals surface area contributed by atoms with E-state index in [4.69, 9.17) is 11.6 Å². The van der Waals surface area contributed by atoms with Crippen LogP contribution in [0, 0.1) is 5.92 Å². The second-order valence-corrected chi connectivity index (χ2v) is 6.61. The lowest BCUT2D eigenvalue weighted by atomic mass is 9.76. The molecule has 4 nitrogen and oxygen atoms in total. The van der Waals surface area contributed by atoms with Crippen LogP contribution in [0.1, 0.15) is 41.3 Å². The highest BCUT2D eigenvalue weighted by molar-refractivity contribution is 6.36. The number of hydrogen-bond donors (Lipinski definition) is 0. The molecular formula is C20H14ClNO3. The number of halogens is 1. The van der Waals surface area contributed by atoms with Crippen LogP contribution in [-0.4, -0.2) is 17.5 Å². The Labute approximate surface area is 148 Å². The van der Waals surface area contributed by atoms with Gasteiger partial charge in [0.1, 0.15) is 11.7 Å². The zero-order chi connectivity index (χ0) is 17.7. The predicted octanol–water partition coefficient (Wildman–Crippen LogP) is 2.23. The van der Waals surface area contributed by atoms with Gasteiger partial charge in [-0.3, -0.25) is 14.4 Å². The molecule has 1 aliphatic heterocycles. The minimum atomic E-state index is -0.973. The minimum Gasteiger partial charge on any atom is -0.298 e. The van der Waals surface area contributed by atoms with Gasteiger partial charge in [-0.05, 0) is 29.7 Å². The quantitative estimate of drug-likeness (QED) is 0.797. The molecule has 0 saturated heterocycles. The SMILES string of the molecule is CCCC(=O)[C@@H]1C(=O)N=c2ccc(Cl)c3c2=C1c1ccccc1C3=O. The van der Waals surface area contributed by atoms with Crippen LogP contribution in [-0.2, 0) is 9.59 Å². The highest BCUT2D eigenvalue weighted by Gasteiger charge is 2.38. The number of carbonyl (C=O) groups is 3. The van der Waals surface area contributed by atoms with Gasteiger partial charge in [0.15, 0.2) is 5.78 Å². The van der Waals surface area contributed by atoms with Crippen molar-refractivity contribution in [2.45, 2.75) is 19.8 Å². The third kappa shape index (κ3) is 2.21. The molecular weight excluding hydrogens is 338 g/mol. The Hall–Kier alpha value is -2.59. The highest BCUT2D eigenvalue weighted by Crippen LogP contribution is 2.33. The molecule has 0 unspecified atom stereocenters. The average molecular weight is 352 g/mol. The fourth-order valence-electron chi connectivity index (χ4n) is 3.64. The highest BCUT2D eigenvalue weighted by atomic mass is 35.5. The zero-order valence-corrected chi connectivity index (χ0v) is 14.3. The number of ketones is 2. The Morgan fingerprint density at radius 2 is 1.84 bits per heavy atom. The lowest BCUT2D eigenvalue weighted by Gasteiger charge is -2.26.